The fourth-order valence-corrected chi connectivity index (χ4v) is 3.13. The zero-order valence-electron chi connectivity index (χ0n) is 13.3. The van der Waals surface area contributed by atoms with E-state index in [9.17, 15) is 4.79 Å². The number of hydrogen-bond acceptors (Lipinski definition) is 1. The molecule has 0 bridgehead atoms. The summed E-state index contributed by atoms with van der Waals surface area (Å²) in [5.41, 5.74) is 6.50. The molecule has 3 heteroatoms. The second-order valence-corrected chi connectivity index (χ2v) is 5.92. The normalized spacial score (nSPS) is 12.8. The van der Waals surface area contributed by atoms with E-state index in [0.29, 0.717) is 13.0 Å². The minimum Gasteiger partial charge on any atom is -0.465 e. The van der Waals surface area contributed by atoms with Gasteiger partial charge in [0.05, 0.1) is 0 Å². The lowest BCUT2D eigenvalue weighted by atomic mass is 9.93. The zero-order valence-corrected chi connectivity index (χ0v) is 13.3. The molecule has 2 aromatic carbocycles. The third-order valence-electron chi connectivity index (χ3n) is 4.42. The number of carboxylic acid groups (broad SMARTS) is 1. The van der Waals surface area contributed by atoms with Gasteiger partial charge in [-0.25, -0.2) is 4.79 Å². The van der Waals surface area contributed by atoms with E-state index < -0.39 is 6.09 Å². The van der Waals surface area contributed by atoms with Gasteiger partial charge < -0.3 is 10.0 Å². The Bertz CT molecular complexity index is 699. The van der Waals surface area contributed by atoms with Crippen LogP contribution >= 0.6 is 0 Å². The summed E-state index contributed by atoms with van der Waals surface area (Å²) >= 11 is 0. The predicted molar refractivity (Wildman–Crippen MR) is 92.6 cm³/mol. The van der Waals surface area contributed by atoms with E-state index in [1.807, 2.05) is 0 Å². The summed E-state index contributed by atoms with van der Waals surface area (Å²) in [6.07, 6.45) is 4.09. The van der Waals surface area contributed by atoms with Crippen LogP contribution in [0.15, 0.2) is 54.6 Å². The third kappa shape index (κ3) is 3.29. The molecular weight excluding hydrogens is 286 g/mol. The fourth-order valence-electron chi connectivity index (χ4n) is 3.13. The van der Waals surface area contributed by atoms with Crippen LogP contribution in [0.5, 0.6) is 0 Å². The molecule has 0 unspecified atom stereocenters. The van der Waals surface area contributed by atoms with Gasteiger partial charge in [0.25, 0.3) is 0 Å². The highest BCUT2D eigenvalue weighted by Gasteiger charge is 2.17. The molecule has 1 N–H and O–H groups in total. The van der Waals surface area contributed by atoms with E-state index in [2.05, 4.69) is 54.6 Å². The maximum atomic E-state index is 10.9. The van der Waals surface area contributed by atoms with Crippen molar-refractivity contribution in [3.8, 4) is 0 Å². The van der Waals surface area contributed by atoms with Crippen molar-refractivity contribution < 1.29 is 9.90 Å². The first-order valence-corrected chi connectivity index (χ1v) is 7.97. The average Bonchev–Trinajstić information content (AvgIpc) is 2.72. The van der Waals surface area contributed by atoms with Gasteiger partial charge in [0.1, 0.15) is 0 Å². The van der Waals surface area contributed by atoms with Gasteiger partial charge >= 0.3 is 6.09 Å². The van der Waals surface area contributed by atoms with Crippen LogP contribution in [0.4, 0.5) is 4.79 Å². The van der Waals surface area contributed by atoms with Gasteiger partial charge in [-0.3, -0.25) is 0 Å². The predicted octanol–water partition coefficient (Wildman–Crippen LogP) is 4.22. The van der Waals surface area contributed by atoms with Crippen LogP contribution in [0.3, 0.4) is 0 Å². The van der Waals surface area contributed by atoms with Gasteiger partial charge in [0.15, 0.2) is 0 Å². The first-order chi connectivity index (χ1) is 11.2. The molecule has 0 atom stereocenters. The Morgan fingerprint density at radius 3 is 2.09 bits per heavy atom. The highest BCUT2D eigenvalue weighted by atomic mass is 16.4. The number of nitrogens with zero attached hydrogens (tertiary/aromatic N) is 1. The molecule has 0 fully saturated rings. The number of carbonyl (C=O) groups is 1. The summed E-state index contributed by atoms with van der Waals surface area (Å²) in [6, 6.07) is 17.1. The summed E-state index contributed by atoms with van der Waals surface area (Å²) < 4.78 is 0. The van der Waals surface area contributed by atoms with Gasteiger partial charge in [-0.15, -0.1) is 0 Å². The summed E-state index contributed by atoms with van der Waals surface area (Å²) in [5.74, 6) is 0. The Morgan fingerprint density at radius 2 is 1.57 bits per heavy atom. The van der Waals surface area contributed by atoms with Crippen molar-refractivity contribution in [3.63, 3.8) is 0 Å². The maximum absolute atomic E-state index is 10.9. The quantitative estimate of drug-likeness (QED) is 0.922. The van der Waals surface area contributed by atoms with Gasteiger partial charge in [-0.2, -0.15) is 0 Å². The minimum absolute atomic E-state index is 0.503. The van der Waals surface area contributed by atoms with Gasteiger partial charge in [-0.1, -0.05) is 54.6 Å². The molecule has 3 rings (SSSR count). The molecule has 0 heterocycles. The van der Waals surface area contributed by atoms with E-state index in [-0.39, 0.29) is 0 Å². The number of hydrogen-bond donors (Lipinski definition) is 1. The monoisotopic (exact) mass is 307 g/mol. The molecule has 1 amide bonds. The highest BCUT2D eigenvalue weighted by molar-refractivity contribution is 5.83. The Morgan fingerprint density at radius 1 is 1.04 bits per heavy atom. The SMILES string of the molecule is CN(CCC=C1c2ccccc2CCc2ccccc21)C(=O)O. The average molecular weight is 307 g/mol. The first kappa shape index (κ1) is 15.3. The molecule has 118 valence electrons. The molecule has 1 aliphatic rings. The van der Waals surface area contributed by atoms with Crippen LogP contribution in [0.25, 0.3) is 5.57 Å². The molecular formula is C20H21NO2. The molecule has 23 heavy (non-hydrogen) atoms. The topological polar surface area (TPSA) is 40.5 Å². The molecule has 0 saturated heterocycles. The van der Waals surface area contributed by atoms with Gasteiger partial charge in [0, 0.05) is 13.6 Å². The van der Waals surface area contributed by atoms with Crippen molar-refractivity contribution in [2.75, 3.05) is 13.6 Å². The highest BCUT2D eigenvalue weighted by Crippen LogP contribution is 2.33. The van der Waals surface area contributed by atoms with E-state index in [1.54, 1.807) is 7.05 Å². The molecule has 0 spiro atoms. The summed E-state index contributed by atoms with van der Waals surface area (Å²) in [7, 11) is 1.61. The first-order valence-electron chi connectivity index (χ1n) is 7.97. The van der Waals surface area contributed by atoms with Crippen molar-refractivity contribution in [2.45, 2.75) is 19.3 Å². The van der Waals surface area contributed by atoms with Gasteiger partial charge in [0.2, 0.25) is 0 Å². The fraction of sp³-hybridized carbons (Fsp3) is 0.250. The van der Waals surface area contributed by atoms with E-state index in [1.165, 1.54) is 32.7 Å². The lowest BCUT2D eigenvalue weighted by molar-refractivity contribution is 0.157. The summed E-state index contributed by atoms with van der Waals surface area (Å²) in [5, 5.41) is 8.98. The number of aryl methyl sites for hydroxylation is 2. The molecule has 0 aromatic heterocycles. The molecule has 0 radical (unpaired) electrons. The third-order valence-corrected chi connectivity index (χ3v) is 4.42. The minimum atomic E-state index is -0.884. The maximum Gasteiger partial charge on any atom is 0.407 e. The van der Waals surface area contributed by atoms with E-state index >= 15 is 0 Å². The molecule has 2 aromatic rings. The summed E-state index contributed by atoms with van der Waals surface area (Å²) in [4.78, 5) is 12.3. The van der Waals surface area contributed by atoms with Crippen LogP contribution in [-0.2, 0) is 12.8 Å². The number of amides is 1. The standard InChI is InChI=1S/C20H21NO2/c1-21(20(22)23)14-6-11-19-17-9-4-2-7-15(17)12-13-16-8-3-5-10-18(16)19/h2-5,7-11H,6,12-14H2,1H3,(H,22,23). The van der Waals surface area contributed by atoms with Crippen molar-refractivity contribution in [2.24, 2.45) is 0 Å². The Balaban J connectivity index is 1.98. The number of fused-ring (bicyclic) bond motifs is 2. The molecule has 1 aliphatic carbocycles. The Labute approximate surface area is 136 Å². The second-order valence-electron chi connectivity index (χ2n) is 5.92. The zero-order chi connectivity index (χ0) is 16.2. The van der Waals surface area contributed by atoms with Crippen molar-refractivity contribution in [3.05, 3.63) is 76.9 Å². The lowest BCUT2D eigenvalue weighted by Gasteiger charge is -2.14. The second kappa shape index (κ2) is 6.69. The van der Waals surface area contributed by atoms with Crippen LogP contribution in [0, 0.1) is 0 Å². The van der Waals surface area contributed by atoms with Crippen LogP contribution in [-0.4, -0.2) is 29.7 Å². The summed E-state index contributed by atoms with van der Waals surface area (Å²) in [6.45, 7) is 0.503. The Hall–Kier alpha value is -2.55. The Kier molecular flexibility index (Phi) is 4.47. The van der Waals surface area contributed by atoms with Gasteiger partial charge in [-0.05, 0) is 47.1 Å². The van der Waals surface area contributed by atoms with Crippen LogP contribution < -0.4 is 0 Å². The molecule has 3 nitrogen and oxygen atoms in total. The molecule has 0 saturated carbocycles. The van der Waals surface area contributed by atoms with E-state index in [0.717, 1.165) is 12.8 Å². The van der Waals surface area contributed by atoms with Crippen molar-refractivity contribution in [1.29, 1.82) is 0 Å². The number of rotatable bonds is 3. The molecule has 0 aliphatic heterocycles. The van der Waals surface area contributed by atoms with Crippen molar-refractivity contribution >= 4 is 11.7 Å². The van der Waals surface area contributed by atoms with E-state index in [4.69, 9.17) is 5.11 Å². The smallest absolute Gasteiger partial charge is 0.407 e. The number of benzene rings is 2. The van der Waals surface area contributed by atoms with Crippen molar-refractivity contribution in [1.82, 2.24) is 4.90 Å². The largest absolute Gasteiger partial charge is 0.465 e. The van der Waals surface area contributed by atoms with Crippen LogP contribution in [0.2, 0.25) is 0 Å². The van der Waals surface area contributed by atoms with Crippen LogP contribution in [0.1, 0.15) is 28.7 Å². The lowest BCUT2D eigenvalue weighted by Crippen LogP contribution is -2.25.